The Morgan fingerprint density at radius 1 is 0.850 bits per heavy atom. The van der Waals surface area contributed by atoms with Gasteiger partial charge in [0.1, 0.15) is 0 Å². The van der Waals surface area contributed by atoms with Crippen molar-refractivity contribution in [2.45, 2.75) is 39.2 Å². The average Bonchev–Trinajstić information content (AvgIpc) is 3.00. The maximum Gasteiger partial charge on any atom is 0.336 e. The Hall–Kier alpha value is -5.02. The van der Waals surface area contributed by atoms with E-state index < -0.39 is 11.2 Å². The molecule has 0 saturated carbocycles. The van der Waals surface area contributed by atoms with Crippen LogP contribution in [0.15, 0.2) is 107 Å². The highest BCUT2D eigenvalue weighted by molar-refractivity contribution is 5.99. The van der Waals surface area contributed by atoms with Gasteiger partial charge < -0.3 is 0 Å². The molecule has 6 heteroatoms. The normalized spacial score (nSPS) is 10.9. The molecule has 0 unspecified atom stereocenters. The van der Waals surface area contributed by atoms with Gasteiger partial charge in [0.2, 0.25) is 0 Å². The molecule has 0 aliphatic carbocycles. The van der Waals surface area contributed by atoms with Crippen molar-refractivity contribution in [3.8, 4) is 11.8 Å². The van der Waals surface area contributed by atoms with Gasteiger partial charge >= 0.3 is 5.69 Å². The molecule has 1 aromatic heterocycles. The minimum atomic E-state index is -0.525. The van der Waals surface area contributed by atoms with Crippen LogP contribution in [0.1, 0.15) is 52.4 Å². The number of hydrogen-bond acceptors (Lipinski definition) is 4. The van der Waals surface area contributed by atoms with E-state index in [9.17, 15) is 19.6 Å². The van der Waals surface area contributed by atoms with E-state index in [0.717, 1.165) is 23.0 Å². The van der Waals surface area contributed by atoms with Gasteiger partial charge in [-0.05, 0) is 66.3 Å². The van der Waals surface area contributed by atoms with Gasteiger partial charge in [-0.1, -0.05) is 73.7 Å². The van der Waals surface area contributed by atoms with E-state index in [4.69, 9.17) is 0 Å². The first-order chi connectivity index (χ1) is 19.5. The molecule has 0 amide bonds. The summed E-state index contributed by atoms with van der Waals surface area (Å²) in [4.78, 5) is 40.7. The third-order valence-corrected chi connectivity index (χ3v) is 7.25. The zero-order valence-corrected chi connectivity index (χ0v) is 22.3. The molecule has 0 N–H and O–H groups in total. The van der Waals surface area contributed by atoms with Crippen molar-refractivity contribution in [3.05, 3.63) is 146 Å². The number of nitriles is 1. The SMILES string of the molecule is CCc1ccc(-n2c(=O)c3ccc(C(=O)CCCc4ccccc4)cc3n(Cc3ccccc3C#N)c2=O)cc1. The standard InChI is InChI=1S/C34H29N3O3/c1-2-24-15-18-29(19-16-24)37-33(39)30-20-17-26(32(38)14-8-11-25-9-4-3-5-10-25)21-31(30)36(34(37)40)23-28-13-7-6-12-27(28)22-35/h3-7,9-10,12-13,15-21H,2,8,11,14,23H2,1H3. The number of ketones is 1. The number of carbonyl (C=O) groups is 1. The van der Waals surface area contributed by atoms with E-state index in [0.29, 0.717) is 46.1 Å². The fourth-order valence-corrected chi connectivity index (χ4v) is 4.98. The van der Waals surface area contributed by atoms with Crippen molar-refractivity contribution in [3.63, 3.8) is 0 Å². The van der Waals surface area contributed by atoms with Crippen LogP contribution in [0.5, 0.6) is 0 Å². The molecule has 5 rings (SSSR count). The van der Waals surface area contributed by atoms with Crippen molar-refractivity contribution in [1.29, 1.82) is 5.26 Å². The lowest BCUT2D eigenvalue weighted by molar-refractivity contribution is 0.0980. The number of rotatable bonds is 9. The number of hydrogen-bond donors (Lipinski definition) is 0. The number of carbonyl (C=O) groups excluding carboxylic acids is 1. The van der Waals surface area contributed by atoms with Crippen molar-refractivity contribution >= 4 is 16.7 Å². The molecule has 5 aromatic rings. The van der Waals surface area contributed by atoms with E-state index in [1.807, 2.05) is 55.5 Å². The van der Waals surface area contributed by atoms with Crippen molar-refractivity contribution in [1.82, 2.24) is 9.13 Å². The summed E-state index contributed by atoms with van der Waals surface area (Å²) in [6.07, 6.45) is 2.67. The van der Waals surface area contributed by atoms with Crippen LogP contribution in [0.4, 0.5) is 0 Å². The average molecular weight is 528 g/mol. The molecular formula is C34H29N3O3. The van der Waals surface area contributed by atoms with Gasteiger partial charge in [-0.25, -0.2) is 9.36 Å². The molecule has 1 heterocycles. The number of nitrogens with zero attached hydrogens (tertiary/aromatic N) is 3. The molecule has 0 fully saturated rings. The fourth-order valence-electron chi connectivity index (χ4n) is 4.98. The van der Waals surface area contributed by atoms with Crippen LogP contribution in [-0.4, -0.2) is 14.9 Å². The predicted molar refractivity (Wildman–Crippen MR) is 157 cm³/mol. The van der Waals surface area contributed by atoms with E-state index in [2.05, 4.69) is 6.07 Å². The minimum absolute atomic E-state index is 0.0476. The summed E-state index contributed by atoms with van der Waals surface area (Å²) in [5.74, 6) is -0.0476. The van der Waals surface area contributed by atoms with Gasteiger partial charge in [0.15, 0.2) is 5.78 Å². The van der Waals surface area contributed by atoms with Gasteiger partial charge in [0.05, 0.1) is 34.8 Å². The van der Waals surface area contributed by atoms with Crippen LogP contribution < -0.4 is 11.2 Å². The van der Waals surface area contributed by atoms with E-state index in [-0.39, 0.29) is 12.3 Å². The lowest BCUT2D eigenvalue weighted by atomic mass is 10.0. The van der Waals surface area contributed by atoms with Gasteiger partial charge in [0, 0.05) is 12.0 Å². The number of aryl methyl sites for hydroxylation is 2. The van der Waals surface area contributed by atoms with Crippen LogP contribution in [0.25, 0.3) is 16.6 Å². The first kappa shape index (κ1) is 26.6. The van der Waals surface area contributed by atoms with Crippen molar-refractivity contribution in [2.75, 3.05) is 0 Å². The Morgan fingerprint density at radius 3 is 2.30 bits per heavy atom. The van der Waals surface area contributed by atoms with Gasteiger partial charge in [-0.2, -0.15) is 5.26 Å². The molecule has 0 radical (unpaired) electrons. The highest BCUT2D eigenvalue weighted by atomic mass is 16.2. The second-order valence-electron chi connectivity index (χ2n) is 9.79. The first-order valence-electron chi connectivity index (χ1n) is 13.4. The molecule has 0 atom stereocenters. The van der Waals surface area contributed by atoms with Gasteiger partial charge in [-0.3, -0.25) is 14.2 Å². The zero-order valence-electron chi connectivity index (χ0n) is 22.3. The van der Waals surface area contributed by atoms with E-state index in [1.54, 1.807) is 48.5 Å². The number of Topliss-reactive ketones (excluding diaryl/α,β-unsaturated/α-hetero) is 1. The van der Waals surface area contributed by atoms with Gasteiger partial charge in [-0.15, -0.1) is 0 Å². The lowest BCUT2D eigenvalue weighted by Gasteiger charge is -2.16. The number of benzene rings is 4. The second-order valence-corrected chi connectivity index (χ2v) is 9.79. The van der Waals surface area contributed by atoms with Crippen molar-refractivity contribution in [2.24, 2.45) is 0 Å². The highest BCUT2D eigenvalue weighted by Gasteiger charge is 2.18. The minimum Gasteiger partial charge on any atom is -0.294 e. The largest absolute Gasteiger partial charge is 0.336 e. The number of fused-ring (bicyclic) bond motifs is 1. The zero-order chi connectivity index (χ0) is 28.1. The first-order valence-corrected chi connectivity index (χ1v) is 13.4. The molecule has 0 aliphatic rings. The lowest BCUT2D eigenvalue weighted by Crippen LogP contribution is -2.39. The van der Waals surface area contributed by atoms with Crippen molar-refractivity contribution < 1.29 is 4.79 Å². The molecule has 0 aliphatic heterocycles. The van der Waals surface area contributed by atoms with Crippen LogP contribution >= 0.6 is 0 Å². The summed E-state index contributed by atoms with van der Waals surface area (Å²) < 4.78 is 2.65. The summed E-state index contributed by atoms with van der Waals surface area (Å²) in [6, 6.07) is 31.5. The Balaban J connectivity index is 1.60. The van der Waals surface area contributed by atoms with Crippen LogP contribution in [0.3, 0.4) is 0 Å². The van der Waals surface area contributed by atoms with E-state index >= 15 is 0 Å². The summed E-state index contributed by atoms with van der Waals surface area (Å²) in [7, 11) is 0. The second kappa shape index (κ2) is 11.8. The molecule has 0 saturated heterocycles. The summed E-state index contributed by atoms with van der Waals surface area (Å²) >= 11 is 0. The Labute approximate surface area is 232 Å². The highest BCUT2D eigenvalue weighted by Crippen LogP contribution is 2.19. The molecule has 4 aromatic carbocycles. The third-order valence-electron chi connectivity index (χ3n) is 7.25. The van der Waals surface area contributed by atoms with Crippen LogP contribution in [0.2, 0.25) is 0 Å². The monoisotopic (exact) mass is 527 g/mol. The van der Waals surface area contributed by atoms with E-state index in [1.165, 1.54) is 10.1 Å². The quantitative estimate of drug-likeness (QED) is 0.225. The molecule has 198 valence electrons. The Bertz CT molecular complexity index is 1840. The smallest absolute Gasteiger partial charge is 0.294 e. The van der Waals surface area contributed by atoms with Crippen LogP contribution in [-0.2, 0) is 19.4 Å². The summed E-state index contributed by atoms with van der Waals surface area (Å²) in [5.41, 5.74) is 3.69. The van der Waals surface area contributed by atoms with Crippen LogP contribution in [0, 0.1) is 11.3 Å². The Kier molecular flexibility index (Phi) is 7.84. The number of aromatic nitrogens is 2. The summed E-state index contributed by atoms with van der Waals surface area (Å²) in [5, 5.41) is 9.98. The van der Waals surface area contributed by atoms with Gasteiger partial charge in [0.25, 0.3) is 5.56 Å². The molecule has 0 spiro atoms. The molecule has 6 nitrogen and oxygen atoms in total. The maximum absolute atomic E-state index is 13.9. The fraction of sp³-hybridized carbons (Fsp3) is 0.176. The predicted octanol–water partition coefficient (Wildman–Crippen LogP) is 5.84. The topological polar surface area (TPSA) is 84.9 Å². The Morgan fingerprint density at radius 2 is 1.57 bits per heavy atom. The molecule has 40 heavy (non-hydrogen) atoms. The molecular weight excluding hydrogens is 498 g/mol. The molecule has 0 bridgehead atoms. The third kappa shape index (κ3) is 5.41. The maximum atomic E-state index is 13.9. The summed E-state index contributed by atoms with van der Waals surface area (Å²) in [6.45, 7) is 2.12.